The van der Waals surface area contributed by atoms with Gasteiger partial charge in [0, 0.05) is 18.8 Å². The number of carbonyl (C=O) groups is 2. The van der Waals surface area contributed by atoms with Crippen LogP contribution in [0.4, 0.5) is 0 Å². The first kappa shape index (κ1) is 14.6. The van der Waals surface area contributed by atoms with Crippen molar-refractivity contribution in [3.8, 4) is 5.75 Å². The minimum absolute atomic E-state index is 0.260. The fourth-order valence-corrected chi connectivity index (χ4v) is 2.71. The highest BCUT2D eigenvalue weighted by Crippen LogP contribution is 2.31. The van der Waals surface area contributed by atoms with Gasteiger partial charge in [0.1, 0.15) is 5.75 Å². The second kappa shape index (κ2) is 5.66. The van der Waals surface area contributed by atoms with Gasteiger partial charge in [-0.1, -0.05) is 22.0 Å². The molecule has 1 atom stereocenters. The number of aliphatic carboxylic acids is 1. The van der Waals surface area contributed by atoms with Crippen LogP contribution < -0.4 is 4.74 Å². The molecular formula is C14H14BrNO4. The van der Waals surface area contributed by atoms with Crippen LogP contribution in [0.5, 0.6) is 5.75 Å². The number of hydrogen-bond donors (Lipinski definition) is 1. The van der Waals surface area contributed by atoms with Gasteiger partial charge < -0.3 is 14.4 Å². The molecule has 0 fully saturated rings. The van der Waals surface area contributed by atoms with E-state index in [1.807, 2.05) is 23.7 Å². The number of nitrogens with zero attached hydrogens (tertiary/aromatic N) is 1. The van der Waals surface area contributed by atoms with E-state index in [0.29, 0.717) is 16.7 Å². The van der Waals surface area contributed by atoms with Crippen LogP contribution in [0, 0.1) is 0 Å². The van der Waals surface area contributed by atoms with Crippen LogP contribution in [0.3, 0.4) is 0 Å². The minimum atomic E-state index is -1.02. The molecule has 2 rings (SSSR count). The molecule has 1 aromatic carbocycles. The molecule has 1 heterocycles. The van der Waals surface area contributed by atoms with Gasteiger partial charge in [-0.3, -0.25) is 9.59 Å². The number of carbonyl (C=O) groups excluding carboxylic acids is 1. The molecule has 0 spiro atoms. The third kappa shape index (κ3) is 2.56. The SMILES string of the molecule is COc1cccc2c1c(C(=O)C(Br)CC(=O)O)cn2C. The number of hydrogen-bond acceptors (Lipinski definition) is 3. The normalized spacial score (nSPS) is 12.3. The van der Waals surface area contributed by atoms with E-state index >= 15 is 0 Å². The molecule has 0 saturated carbocycles. The fourth-order valence-electron chi connectivity index (χ4n) is 2.18. The Kier molecular flexibility index (Phi) is 4.13. The molecule has 20 heavy (non-hydrogen) atoms. The number of ketones is 1. The molecule has 0 bridgehead atoms. The first-order chi connectivity index (χ1) is 9.45. The fraction of sp³-hybridized carbons (Fsp3) is 0.286. The van der Waals surface area contributed by atoms with Gasteiger partial charge in [-0.2, -0.15) is 0 Å². The van der Waals surface area contributed by atoms with Gasteiger partial charge in [0.15, 0.2) is 5.78 Å². The summed E-state index contributed by atoms with van der Waals surface area (Å²) in [5.74, 6) is -0.684. The number of halogens is 1. The monoisotopic (exact) mass is 339 g/mol. The minimum Gasteiger partial charge on any atom is -0.496 e. The lowest BCUT2D eigenvalue weighted by atomic mass is 10.0. The average molecular weight is 340 g/mol. The molecule has 1 aromatic heterocycles. The summed E-state index contributed by atoms with van der Waals surface area (Å²) in [6.07, 6.45) is 1.44. The summed E-state index contributed by atoms with van der Waals surface area (Å²) in [6, 6.07) is 5.51. The Bertz CT molecular complexity index is 677. The number of ether oxygens (including phenoxy) is 1. The number of aryl methyl sites for hydroxylation is 1. The van der Waals surface area contributed by atoms with Gasteiger partial charge in [0.05, 0.1) is 29.3 Å². The first-order valence-electron chi connectivity index (χ1n) is 5.97. The Morgan fingerprint density at radius 1 is 1.45 bits per heavy atom. The largest absolute Gasteiger partial charge is 0.496 e. The van der Waals surface area contributed by atoms with Crippen molar-refractivity contribution in [2.45, 2.75) is 11.2 Å². The van der Waals surface area contributed by atoms with Crippen LogP contribution in [-0.4, -0.2) is 33.4 Å². The van der Waals surface area contributed by atoms with Crippen molar-refractivity contribution in [3.63, 3.8) is 0 Å². The first-order valence-corrected chi connectivity index (χ1v) is 6.89. The molecule has 0 saturated heterocycles. The highest BCUT2D eigenvalue weighted by molar-refractivity contribution is 9.10. The molecule has 2 aromatic rings. The number of carboxylic acid groups (broad SMARTS) is 1. The second-order valence-electron chi connectivity index (χ2n) is 4.44. The van der Waals surface area contributed by atoms with E-state index in [4.69, 9.17) is 9.84 Å². The molecule has 0 aliphatic heterocycles. The van der Waals surface area contributed by atoms with Crippen LogP contribution in [0.1, 0.15) is 16.8 Å². The van der Waals surface area contributed by atoms with Crippen molar-refractivity contribution in [1.82, 2.24) is 4.57 Å². The number of Topliss-reactive ketones (excluding diaryl/α,β-unsaturated/α-hetero) is 1. The predicted molar refractivity (Wildman–Crippen MR) is 78.8 cm³/mol. The predicted octanol–water partition coefficient (Wildman–Crippen LogP) is 2.61. The molecule has 0 radical (unpaired) electrons. The van der Waals surface area contributed by atoms with Gasteiger partial charge in [-0.05, 0) is 12.1 Å². The van der Waals surface area contributed by atoms with Gasteiger partial charge in [0.2, 0.25) is 0 Å². The third-order valence-electron chi connectivity index (χ3n) is 3.10. The highest BCUT2D eigenvalue weighted by atomic mass is 79.9. The van der Waals surface area contributed by atoms with E-state index in [-0.39, 0.29) is 12.2 Å². The van der Waals surface area contributed by atoms with Gasteiger partial charge >= 0.3 is 5.97 Å². The maximum absolute atomic E-state index is 12.4. The number of carboxylic acids is 1. The zero-order chi connectivity index (χ0) is 14.9. The topological polar surface area (TPSA) is 68.5 Å². The summed E-state index contributed by atoms with van der Waals surface area (Å²) >= 11 is 3.14. The summed E-state index contributed by atoms with van der Waals surface area (Å²) in [6.45, 7) is 0. The van der Waals surface area contributed by atoms with Crippen molar-refractivity contribution in [1.29, 1.82) is 0 Å². The van der Waals surface area contributed by atoms with Crippen LogP contribution in [-0.2, 0) is 11.8 Å². The summed E-state index contributed by atoms with van der Waals surface area (Å²) in [5, 5.41) is 9.49. The van der Waals surface area contributed by atoms with Crippen LogP contribution in [0.25, 0.3) is 10.9 Å². The highest BCUT2D eigenvalue weighted by Gasteiger charge is 2.24. The van der Waals surface area contributed by atoms with Crippen LogP contribution in [0.2, 0.25) is 0 Å². The van der Waals surface area contributed by atoms with Gasteiger partial charge in [-0.25, -0.2) is 0 Å². The number of benzene rings is 1. The van der Waals surface area contributed by atoms with E-state index in [1.165, 1.54) is 0 Å². The Balaban J connectivity index is 2.54. The molecular weight excluding hydrogens is 326 g/mol. The Morgan fingerprint density at radius 3 is 2.75 bits per heavy atom. The number of fused-ring (bicyclic) bond motifs is 1. The second-order valence-corrected chi connectivity index (χ2v) is 5.54. The number of aromatic nitrogens is 1. The lowest BCUT2D eigenvalue weighted by molar-refractivity contribution is -0.136. The van der Waals surface area contributed by atoms with E-state index in [1.54, 1.807) is 19.4 Å². The summed E-state index contributed by atoms with van der Waals surface area (Å²) in [5.41, 5.74) is 1.32. The van der Waals surface area contributed by atoms with Crippen LogP contribution in [0.15, 0.2) is 24.4 Å². The molecule has 5 nitrogen and oxygen atoms in total. The summed E-state index contributed by atoms with van der Waals surface area (Å²) < 4.78 is 7.12. The maximum Gasteiger partial charge on any atom is 0.304 e. The van der Waals surface area contributed by atoms with E-state index in [9.17, 15) is 9.59 Å². The van der Waals surface area contributed by atoms with Crippen molar-refractivity contribution in [2.24, 2.45) is 7.05 Å². The molecule has 6 heteroatoms. The lowest BCUT2D eigenvalue weighted by Crippen LogP contribution is -2.18. The quantitative estimate of drug-likeness (QED) is 0.671. The van der Waals surface area contributed by atoms with Crippen molar-refractivity contribution < 1.29 is 19.4 Å². The van der Waals surface area contributed by atoms with Crippen molar-refractivity contribution >= 4 is 38.6 Å². The molecule has 1 unspecified atom stereocenters. The van der Waals surface area contributed by atoms with Gasteiger partial charge in [0.25, 0.3) is 0 Å². The molecule has 1 N–H and O–H groups in total. The van der Waals surface area contributed by atoms with Gasteiger partial charge in [-0.15, -0.1) is 0 Å². The standard InChI is InChI=1S/C14H14BrNO4/c1-16-7-8(14(19)9(15)6-12(17)18)13-10(16)4-3-5-11(13)20-2/h3-5,7,9H,6H2,1-2H3,(H,17,18). The Morgan fingerprint density at radius 2 is 2.15 bits per heavy atom. The van der Waals surface area contributed by atoms with E-state index in [2.05, 4.69) is 15.9 Å². The Hall–Kier alpha value is -1.82. The van der Waals surface area contributed by atoms with Crippen LogP contribution >= 0.6 is 15.9 Å². The molecule has 0 aliphatic carbocycles. The molecule has 0 amide bonds. The molecule has 0 aliphatic rings. The van der Waals surface area contributed by atoms with Crippen molar-refractivity contribution in [3.05, 3.63) is 30.0 Å². The average Bonchev–Trinajstić information content (AvgIpc) is 2.74. The number of rotatable bonds is 5. The summed E-state index contributed by atoms with van der Waals surface area (Å²) in [7, 11) is 3.37. The molecule has 106 valence electrons. The summed E-state index contributed by atoms with van der Waals surface area (Å²) in [4.78, 5) is 22.4. The maximum atomic E-state index is 12.4. The Labute approximate surface area is 124 Å². The van der Waals surface area contributed by atoms with Crippen molar-refractivity contribution in [2.75, 3.05) is 7.11 Å². The van der Waals surface area contributed by atoms with E-state index in [0.717, 1.165) is 5.52 Å². The zero-order valence-corrected chi connectivity index (χ0v) is 12.7. The number of methoxy groups -OCH3 is 1. The lowest BCUT2D eigenvalue weighted by Gasteiger charge is -2.07. The van der Waals surface area contributed by atoms with E-state index < -0.39 is 10.8 Å². The number of alkyl halides is 1. The third-order valence-corrected chi connectivity index (χ3v) is 3.84. The smallest absolute Gasteiger partial charge is 0.304 e. The zero-order valence-electron chi connectivity index (χ0n) is 11.1.